The zero-order chi connectivity index (χ0) is 19.4. The maximum Gasteiger partial charge on any atom is 0.416 e. The first kappa shape index (κ1) is 17.6. The van der Waals surface area contributed by atoms with Crippen LogP contribution in [0, 0.1) is 0 Å². The second-order valence-corrected chi connectivity index (χ2v) is 6.97. The third-order valence-corrected chi connectivity index (χ3v) is 4.61. The maximum absolute atomic E-state index is 12.8. The second-order valence-electron chi connectivity index (χ2n) is 6.97. The molecule has 2 heterocycles. The molecule has 6 nitrogen and oxygen atoms in total. The summed E-state index contributed by atoms with van der Waals surface area (Å²) in [4.78, 5) is 0. The summed E-state index contributed by atoms with van der Waals surface area (Å²) in [5, 5.41) is 28.0. The lowest BCUT2D eigenvalue weighted by atomic mass is 9.79. The van der Waals surface area contributed by atoms with Crippen molar-refractivity contribution < 1.29 is 28.1 Å². The van der Waals surface area contributed by atoms with Crippen LogP contribution in [0.4, 0.5) is 13.2 Å². The molecular formula is C18H16F3N3O3. The van der Waals surface area contributed by atoms with Crippen molar-refractivity contribution in [2.45, 2.75) is 37.6 Å². The summed E-state index contributed by atoms with van der Waals surface area (Å²) in [6, 6.07) is 6.14. The maximum atomic E-state index is 12.8. The number of aromatic nitrogens is 3. The van der Waals surface area contributed by atoms with E-state index in [0.29, 0.717) is 24.4 Å². The van der Waals surface area contributed by atoms with Crippen LogP contribution in [-0.4, -0.2) is 36.5 Å². The molecule has 4 rings (SSSR count). The van der Waals surface area contributed by atoms with Crippen LogP contribution in [0.25, 0.3) is 16.9 Å². The number of phenols is 1. The first-order valence-corrected chi connectivity index (χ1v) is 8.27. The summed E-state index contributed by atoms with van der Waals surface area (Å²) in [7, 11) is 0. The first-order valence-electron chi connectivity index (χ1n) is 8.27. The van der Waals surface area contributed by atoms with Crippen LogP contribution in [0.3, 0.4) is 0 Å². The van der Waals surface area contributed by atoms with Crippen molar-refractivity contribution in [2.24, 2.45) is 0 Å². The van der Waals surface area contributed by atoms with Crippen molar-refractivity contribution in [1.29, 1.82) is 0 Å². The zero-order valence-electron chi connectivity index (χ0n) is 14.2. The van der Waals surface area contributed by atoms with Gasteiger partial charge in [0.2, 0.25) is 0 Å². The molecule has 2 N–H and O–H groups in total. The minimum absolute atomic E-state index is 0.120. The Morgan fingerprint density at radius 2 is 1.96 bits per heavy atom. The summed E-state index contributed by atoms with van der Waals surface area (Å²) in [6.07, 6.45) is -2.13. The molecule has 1 saturated carbocycles. The Bertz CT molecular complexity index is 1010. The van der Waals surface area contributed by atoms with Gasteiger partial charge in [-0.3, -0.25) is 4.40 Å². The average molecular weight is 379 g/mol. The van der Waals surface area contributed by atoms with Crippen LogP contribution < -0.4 is 4.74 Å². The van der Waals surface area contributed by atoms with Gasteiger partial charge in [0, 0.05) is 19.0 Å². The summed E-state index contributed by atoms with van der Waals surface area (Å²) in [5.41, 5.74) is -1.01. The highest BCUT2D eigenvalue weighted by atomic mass is 19.4. The Labute approximate surface area is 151 Å². The zero-order valence-corrected chi connectivity index (χ0v) is 14.2. The Morgan fingerprint density at radius 1 is 1.22 bits per heavy atom. The highest BCUT2D eigenvalue weighted by molar-refractivity contribution is 5.69. The van der Waals surface area contributed by atoms with E-state index in [4.69, 9.17) is 4.74 Å². The van der Waals surface area contributed by atoms with Crippen molar-refractivity contribution in [2.75, 3.05) is 0 Å². The van der Waals surface area contributed by atoms with Gasteiger partial charge in [0.1, 0.15) is 17.4 Å². The van der Waals surface area contributed by atoms with Gasteiger partial charge in [0.25, 0.3) is 5.88 Å². The SMILES string of the molecule is CC1(O)CC(Oc2nnc(-c3ccc(C(F)(F)F)cc3O)n3cccc23)C1. The standard InChI is InChI=1S/C18H16F3N3O3/c1-17(26)8-11(9-17)27-16-13-3-2-6-24(13)15(22-23-16)12-5-4-10(7-14(12)25)18(19,20)21/h2-7,11,25-26H,8-9H2,1H3. The highest BCUT2D eigenvalue weighted by Crippen LogP contribution is 2.38. The molecular weight excluding hydrogens is 363 g/mol. The molecule has 2 aromatic heterocycles. The van der Waals surface area contributed by atoms with Gasteiger partial charge in [0.05, 0.1) is 16.7 Å². The third kappa shape index (κ3) is 3.18. The predicted octanol–water partition coefficient (Wildman–Crippen LogP) is 3.41. The molecule has 1 fully saturated rings. The van der Waals surface area contributed by atoms with E-state index in [-0.39, 0.29) is 23.4 Å². The molecule has 1 aliphatic rings. The van der Waals surface area contributed by atoms with Crippen molar-refractivity contribution >= 4 is 5.52 Å². The molecule has 0 atom stereocenters. The van der Waals surface area contributed by atoms with Crippen LogP contribution in [0.2, 0.25) is 0 Å². The van der Waals surface area contributed by atoms with Gasteiger partial charge >= 0.3 is 6.18 Å². The average Bonchev–Trinajstić information content (AvgIpc) is 3.03. The van der Waals surface area contributed by atoms with E-state index in [9.17, 15) is 23.4 Å². The van der Waals surface area contributed by atoms with Gasteiger partial charge in [-0.1, -0.05) is 0 Å². The lowest BCUT2D eigenvalue weighted by molar-refractivity contribution is -0.137. The number of phenolic OH excluding ortho intramolecular Hbond substituents is 1. The number of fused-ring (bicyclic) bond motifs is 1. The molecule has 0 saturated heterocycles. The minimum Gasteiger partial charge on any atom is -0.507 e. The number of alkyl halides is 3. The van der Waals surface area contributed by atoms with Gasteiger partial charge in [-0.15, -0.1) is 10.2 Å². The molecule has 27 heavy (non-hydrogen) atoms. The van der Waals surface area contributed by atoms with Crippen molar-refractivity contribution in [1.82, 2.24) is 14.6 Å². The summed E-state index contributed by atoms with van der Waals surface area (Å²) < 4.78 is 45.7. The number of nitrogens with zero attached hydrogens (tertiary/aromatic N) is 3. The smallest absolute Gasteiger partial charge is 0.416 e. The lowest BCUT2D eigenvalue weighted by Crippen LogP contribution is -2.47. The summed E-state index contributed by atoms with van der Waals surface area (Å²) in [5.74, 6) is -0.0948. The van der Waals surface area contributed by atoms with Crippen LogP contribution in [0.15, 0.2) is 36.5 Å². The normalized spacial score (nSPS) is 22.6. The number of halogens is 3. The van der Waals surface area contributed by atoms with E-state index < -0.39 is 23.1 Å². The topological polar surface area (TPSA) is 79.9 Å². The van der Waals surface area contributed by atoms with Crippen LogP contribution >= 0.6 is 0 Å². The van der Waals surface area contributed by atoms with E-state index in [1.54, 1.807) is 29.7 Å². The predicted molar refractivity (Wildman–Crippen MR) is 89.4 cm³/mol. The summed E-state index contributed by atoms with van der Waals surface area (Å²) in [6.45, 7) is 1.72. The first-order chi connectivity index (χ1) is 12.6. The molecule has 1 aromatic carbocycles. The van der Waals surface area contributed by atoms with Crippen LogP contribution in [-0.2, 0) is 6.18 Å². The molecule has 0 bridgehead atoms. The summed E-state index contributed by atoms with van der Waals surface area (Å²) >= 11 is 0. The number of aromatic hydroxyl groups is 1. The Hall–Kier alpha value is -2.81. The molecule has 0 unspecified atom stereocenters. The fraction of sp³-hybridized carbons (Fsp3) is 0.333. The number of hydrogen-bond acceptors (Lipinski definition) is 5. The number of ether oxygens (including phenoxy) is 1. The van der Waals surface area contributed by atoms with E-state index in [1.807, 2.05) is 0 Å². The minimum atomic E-state index is -4.55. The number of hydrogen-bond donors (Lipinski definition) is 2. The molecule has 0 spiro atoms. The van der Waals surface area contributed by atoms with Crippen LogP contribution in [0.1, 0.15) is 25.3 Å². The quantitative estimate of drug-likeness (QED) is 0.729. The van der Waals surface area contributed by atoms with Crippen molar-refractivity contribution in [3.05, 3.63) is 42.1 Å². The second kappa shape index (κ2) is 5.85. The monoisotopic (exact) mass is 379 g/mol. The Morgan fingerprint density at radius 3 is 2.59 bits per heavy atom. The fourth-order valence-corrected chi connectivity index (χ4v) is 3.26. The van der Waals surface area contributed by atoms with Gasteiger partial charge in [-0.25, -0.2) is 0 Å². The van der Waals surface area contributed by atoms with E-state index in [1.165, 1.54) is 0 Å². The van der Waals surface area contributed by atoms with E-state index >= 15 is 0 Å². The number of rotatable bonds is 3. The molecule has 3 aromatic rings. The largest absolute Gasteiger partial charge is 0.507 e. The molecule has 9 heteroatoms. The van der Waals surface area contributed by atoms with Crippen LogP contribution in [0.5, 0.6) is 11.6 Å². The Kier molecular flexibility index (Phi) is 3.81. The van der Waals surface area contributed by atoms with Gasteiger partial charge < -0.3 is 14.9 Å². The van der Waals surface area contributed by atoms with E-state index in [2.05, 4.69) is 10.2 Å². The van der Waals surface area contributed by atoms with Crippen molar-refractivity contribution in [3.63, 3.8) is 0 Å². The van der Waals surface area contributed by atoms with Gasteiger partial charge in [-0.2, -0.15) is 13.2 Å². The molecule has 1 aliphatic carbocycles. The van der Waals surface area contributed by atoms with E-state index in [0.717, 1.165) is 12.1 Å². The Balaban J connectivity index is 1.70. The van der Waals surface area contributed by atoms with Gasteiger partial charge in [-0.05, 0) is 37.3 Å². The van der Waals surface area contributed by atoms with Crippen molar-refractivity contribution in [3.8, 4) is 23.0 Å². The highest BCUT2D eigenvalue weighted by Gasteiger charge is 2.40. The molecule has 142 valence electrons. The lowest BCUT2D eigenvalue weighted by Gasteiger charge is -2.40. The molecule has 0 aliphatic heterocycles. The molecule has 0 radical (unpaired) electrons. The fourth-order valence-electron chi connectivity index (χ4n) is 3.26. The number of aliphatic hydroxyl groups is 1. The van der Waals surface area contributed by atoms with Gasteiger partial charge in [0.15, 0.2) is 5.82 Å². The number of benzene rings is 1. The molecule has 0 amide bonds. The third-order valence-electron chi connectivity index (χ3n) is 4.61.